The molecule has 4 aromatic rings. The van der Waals surface area contributed by atoms with E-state index in [1.54, 1.807) is 12.4 Å². The summed E-state index contributed by atoms with van der Waals surface area (Å²) in [5.74, 6) is -1.56. The van der Waals surface area contributed by atoms with Gasteiger partial charge in [0.25, 0.3) is 5.91 Å². The summed E-state index contributed by atoms with van der Waals surface area (Å²) in [7, 11) is 0. The van der Waals surface area contributed by atoms with Crippen LogP contribution in [0.2, 0.25) is 0 Å². The van der Waals surface area contributed by atoms with Crippen LogP contribution in [0.5, 0.6) is 0 Å². The third kappa shape index (κ3) is 4.59. The zero-order chi connectivity index (χ0) is 25.4. The number of hydrogen-bond acceptors (Lipinski definition) is 4. The van der Waals surface area contributed by atoms with Crippen LogP contribution >= 0.6 is 0 Å². The molecular formula is C30H29N3O3. The smallest absolute Gasteiger partial charge is 0.311 e. The van der Waals surface area contributed by atoms with Gasteiger partial charge in [-0.05, 0) is 96.8 Å². The first-order valence-electron chi connectivity index (χ1n) is 12.2. The molecule has 0 spiro atoms. The number of carbonyl (C=O) groups is 2. The number of aryl methyl sites for hydroxylation is 3. The molecule has 0 radical (unpaired) electrons. The van der Waals surface area contributed by atoms with Crippen LogP contribution in [0.1, 0.15) is 55.2 Å². The minimum absolute atomic E-state index is 0.0110. The van der Waals surface area contributed by atoms with E-state index in [-0.39, 0.29) is 5.91 Å². The van der Waals surface area contributed by atoms with E-state index in [0.29, 0.717) is 25.1 Å². The molecule has 0 saturated heterocycles. The van der Waals surface area contributed by atoms with Crippen molar-refractivity contribution in [1.82, 2.24) is 14.9 Å². The van der Waals surface area contributed by atoms with Gasteiger partial charge in [0.05, 0.1) is 17.0 Å². The van der Waals surface area contributed by atoms with Gasteiger partial charge in [0.15, 0.2) is 0 Å². The molecule has 6 nitrogen and oxygen atoms in total. The summed E-state index contributed by atoms with van der Waals surface area (Å²) in [5, 5.41) is 10.1. The van der Waals surface area contributed by atoms with Crippen molar-refractivity contribution in [1.29, 1.82) is 0 Å². The molecule has 182 valence electrons. The fraction of sp³-hybridized carbons (Fsp3) is 0.267. The number of amides is 1. The second-order valence-electron chi connectivity index (χ2n) is 9.72. The van der Waals surface area contributed by atoms with Crippen molar-refractivity contribution in [3.8, 4) is 0 Å². The summed E-state index contributed by atoms with van der Waals surface area (Å²) >= 11 is 0. The number of aromatic nitrogens is 2. The summed E-state index contributed by atoms with van der Waals surface area (Å²) in [6.45, 7) is 7.16. The molecule has 1 atom stereocenters. The molecule has 1 amide bonds. The summed E-state index contributed by atoms with van der Waals surface area (Å²) < 4.78 is 0. The van der Waals surface area contributed by atoms with Crippen LogP contribution < -0.4 is 0 Å². The van der Waals surface area contributed by atoms with E-state index in [1.165, 1.54) is 5.56 Å². The highest BCUT2D eigenvalue weighted by molar-refractivity contribution is 5.94. The van der Waals surface area contributed by atoms with Gasteiger partial charge in [0.2, 0.25) is 0 Å². The van der Waals surface area contributed by atoms with Crippen LogP contribution in [0.25, 0.3) is 11.0 Å². The van der Waals surface area contributed by atoms with Gasteiger partial charge in [0, 0.05) is 31.0 Å². The van der Waals surface area contributed by atoms with Crippen molar-refractivity contribution >= 4 is 22.9 Å². The van der Waals surface area contributed by atoms with Gasteiger partial charge < -0.3 is 10.0 Å². The third-order valence-electron chi connectivity index (χ3n) is 7.34. The number of carboxylic acid groups (broad SMARTS) is 1. The Morgan fingerprint density at radius 1 is 0.889 bits per heavy atom. The molecular weight excluding hydrogens is 450 g/mol. The number of carbonyl (C=O) groups excluding carboxylic acids is 1. The number of fused-ring (bicyclic) bond motifs is 2. The second kappa shape index (κ2) is 9.53. The maximum atomic E-state index is 13.2. The highest BCUT2D eigenvalue weighted by Crippen LogP contribution is 2.29. The molecule has 36 heavy (non-hydrogen) atoms. The Hall–Kier alpha value is -4.06. The van der Waals surface area contributed by atoms with E-state index in [1.807, 2.05) is 74.2 Å². The number of nitrogens with zero attached hydrogens (tertiary/aromatic N) is 3. The molecule has 0 bridgehead atoms. The first-order chi connectivity index (χ1) is 17.3. The fourth-order valence-corrected chi connectivity index (χ4v) is 4.97. The molecule has 1 aromatic heterocycles. The number of carboxylic acids is 1. The maximum Gasteiger partial charge on any atom is 0.311 e. The van der Waals surface area contributed by atoms with Crippen molar-refractivity contribution in [3.05, 3.63) is 105 Å². The van der Waals surface area contributed by atoms with Crippen LogP contribution in [-0.2, 0) is 24.2 Å². The van der Waals surface area contributed by atoms with E-state index < -0.39 is 11.9 Å². The average molecular weight is 480 g/mol. The molecule has 1 unspecified atom stereocenters. The van der Waals surface area contributed by atoms with E-state index in [4.69, 9.17) is 0 Å². The Kier molecular flexibility index (Phi) is 6.27. The van der Waals surface area contributed by atoms with Crippen molar-refractivity contribution in [2.24, 2.45) is 0 Å². The molecule has 0 saturated carbocycles. The van der Waals surface area contributed by atoms with Crippen LogP contribution in [0.4, 0.5) is 0 Å². The number of hydrogen-bond donors (Lipinski definition) is 1. The van der Waals surface area contributed by atoms with Crippen molar-refractivity contribution < 1.29 is 14.7 Å². The van der Waals surface area contributed by atoms with Crippen LogP contribution in [-0.4, -0.2) is 38.4 Å². The van der Waals surface area contributed by atoms with Gasteiger partial charge in [-0.2, -0.15) is 0 Å². The molecule has 5 rings (SSSR count). The highest BCUT2D eigenvalue weighted by atomic mass is 16.4. The fourth-order valence-electron chi connectivity index (χ4n) is 4.97. The molecule has 0 aliphatic carbocycles. The zero-order valence-corrected chi connectivity index (χ0v) is 20.8. The van der Waals surface area contributed by atoms with E-state index in [2.05, 4.69) is 9.97 Å². The second-order valence-corrected chi connectivity index (χ2v) is 9.72. The lowest BCUT2D eigenvalue weighted by Crippen LogP contribution is -2.36. The predicted molar refractivity (Wildman–Crippen MR) is 139 cm³/mol. The topological polar surface area (TPSA) is 83.4 Å². The largest absolute Gasteiger partial charge is 0.481 e. The molecule has 2 heterocycles. The minimum Gasteiger partial charge on any atom is -0.481 e. The molecule has 1 N–H and O–H groups in total. The van der Waals surface area contributed by atoms with Gasteiger partial charge in [-0.25, -0.2) is 0 Å². The van der Waals surface area contributed by atoms with Gasteiger partial charge in [0.1, 0.15) is 0 Å². The minimum atomic E-state index is -0.868. The molecule has 3 aromatic carbocycles. The summed E-state index contributed by atoms with van der Waals surface area (Å²) in [6.07, 6.45) is 4.41. The first-order valence-corrected chi connectivity index (χ1v) is 12.2. The van der Waals surface area contributed by atoms with Crippen molar-refractivity contribution in [2.45, 2.75) is 46.1 Å². The number of benzene rings is 3. The Morgan fingerprint density at radius 2 is 1.64 bits per heavy atom. The zero-order valence-electron chi connectivity index (χ0n) is 20.8. The monoisotopic (exact) mass is 479 g/mol. The van der Waals surface area contributed by atoms with Crippen molar-refractivity contribution in [3.63, 3.8) is 0 Å². The first kappa shape index (κ1) is 23.7. The van der Waals surface area contributed by atoms with E-state index >= 15 is 0 Å². The van der Waals surface area contributed by atoms with E-state index in [9.17, 15) is 14.7 Å². The van der Waals surface area contributed by atoms with Crippen LogP contribution in [0.3, 0.4) is 0 Å². The van der Waals surface area contributed by atoms with Crippen LogP contribution in [0, 0.1) is 20.8 Å². The Balaban J connectivity index is 1.41. The summed E-state index contributed by atoms with van der Waals surface area (Å²) in [6, 6.07) is 15.6. The van der Waals surface area contributed by atoms with Gasteiger partial charge in [-0.3, -0.25) is 19.6 Å². The predicted octanol–water partition coefficient (Wildman–Crippen LogP) is 5.16. The third-order valence-corrected chi connectivity index (χ3v) is 7.34. The Morgan fingerprint density at radius 3 is 2.36 bits per heavy atom. The lowest BCUT2D eigenvalue weighted by atomic mass is 9.87. The molecule has 6 heteroatoms. The van der Waals surface area contributed by atoms with Gasteiger partial charge in [-0.1, -0.05) is 24.3 Å². The quantitative estimate of drug-likeness (QED) is 0.427. The SMILES string of the molecule is Cc1ccc(C(=O)N2CCc3ccc(C(Cc4cc5nccnc5cc4C)C(=O)O)cc3C2)cc1C. The lowest BCUT2D eigenvalue weighted by Gasteiger charge is -2.30. The number of aliphatic carboxylic acids is 1. The molecule has 1 aliphatic heterocycles. The maximum absolute atomic E-state index is 13.2. The lowest BCUT2D eigenvalue weighted by molar-refractivity contribution is -0.138. The summed E-state index contributed by atoms with van der Waals surface area (Å²) in [4.78, 5) is 36.2. The van der Waals surface area contributed by atoms with E-state index in [0.717, 1.165) is 50.8 Å². The standard InChI is InChI=1S/C30H29N3O3/c1-18-4-5-23(12-19(18)2)29(34)33-11-8-21-6-7-22(14-25(21)17-33)26(30(35)36)15-24-16-28-27(13-20(24)3)31-9-10-32-28/h4-7,9-10,12-14,16,26H,8,11,15,17H2,1-3H3,(H,35,36). The van der Waals surface area contributed by atoms with Crippen LogP contribution in [0.15, 0.2) is 60.9 Å². The Bertz CT molecular complexity index is 1490. The highest BCUT2D eigenvalue weighted by Gasteiger charge is 2.26. The molecule has 1 aliphatic rings. The van der Waals surface area contributed by atoms with Crippen molar-refractivity contribution in [2.75, 3.05) is 6.54 Å². The average Bonchev–Trinajstić information content (AvgIpc) is 2.87. The Labute approximate surface area is 210 Å². The summed E-state index contributed by atoms with van der Waals surface area (Å²) in [5.41, 5.74) is 9.38. The van der Waals surface area contributed by atoms with Gasteiger partial charge >= 0.3 is 5.97 Å². The normalized spacial score (nSPS) is 13.9. The number of rotatable bonds is 5. The molecule has 0 fully saturated rings. The van der Waals surface area contributed by atoms with Gasteiger partial charge in [-0.15, -0.1) is 0 Å².